The Morgan fingerprint density at radius 2 is 2.04 bits per heavy atom. The number of nitrogens with zero attached hydrogens (tertiary/aromatic N) is 4. The molecule has 0 saturated carbocycles. The van der Waals surface area contributed by atoms with E-state index in [0.717, 1.165) is 36.2 Å². The largest absolute Gasteiger partial charge is 0.302 e. The van der Waals surface area contributed by atoms with Crippen LogP contribution < -0.4 is 5.32 Å². The molecule has 1 aliphatic carbocycles. The molecule has 0 unspecified atom stereocenters. The predicted molar refractivity (Wildman–Crippen MR) is 84.7 cm³/mol. The van der Waals surface area contributed by atoms with Gasteiger partial charge >= 0.3 is 0 Å². The first-order valence-electron chi connectivity index (χ1n) is 7.59. The van der Waals surface area contributed by atoms with Crippen molar-refractivity contribution in [2.75, 3.05) is 5.32 Å². The highest BCUT2D eigenvalue weighted by Gasteiger charge is 2.27. The number of anilines is 1. The van der Waals surface area contributed by atoms with Gasteiger partial charge in [0.05, 0.1) is 5.69 Å². The lowest BCUT2D eigenvalue weighted by atomic mass is 10.2. The lowest BCUT2D eigenvalue weighted by molar-refractivity contribution is 0.102. The summed E-state index contributed by atoms with van der Waals surface area (Å²) in [6, 6.07) is 9.89. The maximum Gasteiger partial charge on any atom is 0.277 e. The van der Waals surface area contributed by atoms with Gasteiger partial charge in [0.1, 0.15) is 5.69 Å². The number of H-pyrrole nitrogens is 1. The molecule has 1 aromatic carbocycles. The van der Waals surface area contributed by atoms with E-state index in [1.54, 1.807) is 6.92 Å². The van der Waals surface area contributed by atoms with Crippen molar-refractivity contribution < 1.29 is 4.79 Å². The van der Waals surface area contributed by atoms with Crippen LogP contribution in [0.3, 0.4) is 0 Å². The average molecular weight is 308 g/mol. The molecule has 1 aliphatic rings. The number of benzene rings is 1. The summed E-state index contributed by atoms with van der Waals surface area (Å²) < 4.78 is 1.88. The van der Waals surface area contributed by atoms with E-state index in [9.17, 15) is 4.79 Å². The van der Waals surface area contributed by atoms with Gasteiger partial charge in [-0.2, -0.15) is 15.4 Å². The van der Waals surface area contributed by atoms with E-state index in [4.69, 9.17) is 0 Å². The highest BCUT2D eigenvalue weighted by atomic mass is 16.2. The van der Waals surface area contributed by atoms with Crippen LogP contribution in [0.5, 0.6) is 0 Å². The van der Waals surface area contributed by atoms with Gasteiger partial charge in [-0.3, -0.25) is 4.79 Å². The molecule has 4 rings (SSSR count). The van der Waals surface area contributed by atoms with Crippen molar-refractivity contribution in [2.45, 2.75) is 26.2 Å². The van der Waals surface area contributed by atoms with E-state index in [0.29, 0.717) is 17.2 Å². The second-order valence-electron chi connectivity index (χ2n) is 5.59. The number of nitrogens with one attached hydrogen (secondary N) is 2. The Bertz CT molecular complexity index is 864. The molecule has 116 valence electrons. The normalized spacial score (nSPS) is 13.1. The fraction of sp³-hybridized carbons (Fsp3) is 0.250. The molecule has 0 aliphatic heterocycles. The van der Waals surface area contributed by atoms with Crippen LogP contribution in [0, 0.1) is 6.92 Å². The van der Waals surface area contributed by atoms with Gasteiger partial charge in [0, 0.05) is 11.3 Å². The summed E-state index contributed by atoms with van der Waals surface area (Å²) in [5.74, 6) is 0.200. The summed E-state index contributed by atoms with van der Waals surface area (Å²) in [5.41, 5.74) is 4.26. The molecule has 0 bridgehead atoms. The third-order valence-electron chi connectivity index (χ3n) is 4.10. The Labute approximate surface area is 132 Å². The molecule has 23 heavy (non-hydrogen) atoms. The topological polar surface area (TPSA) is 88.5 Å². The SMILES string of the molecule is Cc1n[nH]nc1NC(=O)c1nn(-c2ccccc2)c2c1CCC2. The summed E-state index contributed by atoms with van der Waals surface area (Å²) in [5, 5.41) is 17.7. The second-order valence-corrected chi connectivity index (χ2v) is 5.59. The minimum atomic E-state index is -0.241. The Morgan fingerprint density at radius 1 is 1.22 bits per heavy atom. The summed E-state index contributed by atoms with van der Waals surface area (Å²) in [6.45, 7) is 1.78. The van der Waals surface area contributed by atoms with Crippen molar-refractivity contribution >= 4 is 11.7 Å². The molecule has 2 heterocycles. The summed E-state index contributed by atoms with van der Waals surface area (Å²) >= 11 is 0. The molecule has 3 aromatic rings. The molecule has 1 amide bonds. The van der Waals surface area contributed by atoms with Crippen LogP contribution in [-0.2, 0) is 12.8 Å². The zero-order valence-electron chi connectivity index (χ0n) is 12.7. The van der Waals surface area contributed by atoms with Crippen LogP contribution in [-0.4, -0.2) is 31.1 Å². The molecular formula is C16H16N6O. The van der Waals surface area contributed by atoms with Crippen molar-refractivity contribution in [3.05, 3.63) is 53.0 Å². The molecule has 2 aromatic heterocycles. The third kappa shape index (κ3) is 2.30. The summed E-state index contributed by atoms with van der Waals surface area (Å²) in [7, 11) is 0. The lowest BCUT2D eigenvalue weighted by Gasteiger charge is -2.04. The number of carbonyl (C=O) groups excluding carboxylic acids is 1. The number of aryl methyl sites for hydroxylation is 1. The van der Waals surface area contributed by atoms with Crippen LogP contribution in [0.4, 0.5) is 5.82 Å². The Morgan fingerprint density at radius 3 is 2.78 bits per heavy atom. The van der Waals surface area contributed by atoms with Crippen molar-refractivity contribution in [1.82, 2.24) is 25.2 Å². The standard InChI is InChI=1S/C16H16N6O/c1-10-15(19-21-18-10)17-16(23)14-12-8-5-9-13(12)22(20-14)11-6-3-2-4-7-11/h2-4,6-7H,5,8-9H2,1H3,(H2,17,18,19,21,23). The number of aromatic amines is 1. The Hall–Kier alpha value is -2.96. The maximum atomic E-state index is 12.6. The minimum Gasteiger partial charge on any atom is -0.302 e. The van der Waals surface area contributed by atoms with Gasteiger partial charge in [0.25, 0.3) is 5.91 Å². The van der Waals surface area contributed by atoms with Gasteiger partial charge < -0.3 is 5.32 Å². The maximum absolute atomic E-state index is 12.6. The van der Waals surface area contributed by atoms with Gasteiger partial charge in [0.2, 0.25) is 0 Å². The minimum absolute atomic E-state index is 0.241. The fourth-order valence-corrected chi connectivity index (χ4v) is 2.97. The molecule has 2 N–H and O–H groups in total. The Balaban J connectivity index is 1.72. The second kappa shape index (κ2) is 5.35. The van der Waals surface area contributed by atoms with Crippen LogP contribution >= 0.6 is 0 Å². The number of hydrogen-bond donors (Lipinski definition) is 2. The smallest absolute Gasteiger partial charge is 0.277 e. The van der Waals surface area contributed by atoms with E-state index in [1.807, 2.05) is 35.0 Å². The van der Waals surface area contributed by atoms with Crippen LogP contribution in [0.15, 0.2) is 30.3 Å². The Kier molecular flexibility index (Phi) is 3.18. The number of hydrogen-bond acceptors (Lipinski definition) is 4. The van der Waals surface area contributed by atoms with Gasteiger partial charge in [-0.05, 0) is 38.3 Å². The van der Waals surface area contributed by atoms with Crippen LogP contribution in [0.2, 0.25) is 0 Å². The van der Waals surface area contributed by atoms with Gasteiger partial charge in [-0.15, -0.1) is 5.10 Å². The van der Waals surface area contributed by atoms with Crippen LogP contribution in [0.1, 0.15) is 33.9 Å². The number of fused-ring (bicyclic) bond motifs is 1. The first kappa shape index (κ1) is 13.7. The van der Waals surface area contributed by atoms with Crippen molar-refractivity contribution in [1.29, 1.82) is 0 Å². The van der Waals surface area contributed by atoms with Gasteiger partial charge in [0.15, 0.2) is 11.5 Å². The molecule has 0 radical (unpaired) electrons. The number of para-hydroxylation sites is 1. The highest BCUT2D eigenvalue weighted by molar-refractivity contribution is 6.03. The number of carbonyl (C=O) groups is 1. The summed E-state index contributed by atoms with van der Waals surface area (Å²) in [4.78, 5) is 12.6. The molecule has 0 fully saturated rings. The molecule has 0 saturated heterocycles. The van der Waals surface area contributed by atoms with Crippen LogP contribution in [0.25, 0.3) is 5.69 Å². The quantitative estimate of drug-likeness (QED) is 0.775. The number of rotatable bonds is 3. The van der Waals surface area contributed by atoms with Gasteiger partial charge in [-0.25, -0.2) is 4.68 Å². The zero-order valence-corrected chi connectivity index (χ0v) is 12.7. The van der Waals surface area contributed by atoms with Crippen molar-refractivity contribution in [3.63, 3.8) is 0 Å². The van der Waals surface area contributed by atoms with E-state index < -0.39 is 0 Å². The highest BCUT2D eigenvalue weighted by Crippen LogP contribution is 2.28. The predicted octanol–water partition coefficient (Wildman–Crippen LogP) is 2.04. The molecular weight excluding hydrogens is 292 g/mol. The summed E-state index contributed by atoms with van der Waals surface area (Å²) in [6.07, 6.45) is 2.86. The number of amides is 1. The van der Waals surface area contributed by atoms with E-state index in [-0.39, 0.29) is 5.91 Å². The van der Waals surface area contributed by atoms with E-state index >= 15 is 0 Å². The number of aromatic nitrogens is 5. The third-order valence-corrected chi connectivity index (χ3v) is 4.10. The van der Waals surface area contributed by atoms with Crippen molar-refractivity contribution in [3.8, 4) is 5.69 Å². The van der Waals surface area contributed by atoms with Crippen molar-refractivity contribution in [2.24, 2.45) is 0 Å². The molecule has 7 nitrogen and oxygen atoms in total. The molecule has 0 spiro atoms. The monoisotopic (exact) mass is 308 g/mol. The first-order valence-corrected chi connectivity index (χ1v) is 7.59. The fourth-order valence-electron chi connectivity index (χ4n) is 2.97. The van der Waals surface area contributed by atoms with E-state index in [2.05, 4.69) is 25.8 Å². The van der Waals surface area contributed by atoms with Gasteiger partial charge in [-0.1, -0.05) is 18.2 Å². The molecule has 7 heteroatoms. The zero-order chi connectivity index (χ0) is 15.8. The first-order chi connectivity index (χ1) is 11.2. The molecule has 0 atom stereocenters. The average Bonchev–Trinajstić information content (AvgIpc) is 3.25. The lowest BCUT2D eigenvalue weighted by Crippen LogP contribution is -2.15. The van der Waals surface area contributed by atoms with E-state index in [1.165, 1.54) is 0 Å².